The lowest BCUT2D eigenvalue weighted by molar-refractivity contribution is 0.180. The molecule has 2 heterocycles. The fraction of sp³-hybridized carbons (Fsp3) is 0.444. The van der Waals surface area contributed by atoms with Gasteiger partial charge in [0.05, 0.1) is 12.9 Å². The number of ether oxygens (including phenoxy) is 1. The standard InChI is InChI=1S/C18H23NO2/c1-2-9-19-17(12-16-7-5-10-20-16)15-11-14-6-3-4-8-18(14)21-13-15/h3-8,10,15,17,19H,2,9,11-13H2,1H3. The van der Waals surface area contributed by atoms with Crippen LogP contribution in [0.5, 0.6) is 5.75 Å². The lowest BCUT2D eigenvalue weighted by atomic mass is 9.88. The van der Waals surface area contributed by atoms with Gasteiger partial charge in [-0.2, -0.15) is 0 Å². The van der Waals surface area contributed by atoms with E-state index in [2.05, 4.69) is 36.5 Å². The molecule has 0 saturated carbocycles. The maximum absolute atomic E-state index is 5.95. The van der Waals surface area contributed by atoms with Crippen LogP contribution in [0, 0.1) is 5.92 Å². The molecule has 3 nitrogen and oxygen atoms in total. The van der Waals surface area contributed by atoms with E-state index in [1.807, 2.05) is 12.1 Å². The Hall–Kier alpha value is -1.74. The highest BCUT2D eigenvalue weighted by Gasteiger charge is 2.27. The van der Waals surface area contributed by atoms with Gasteiger partial charge >= 0.3 is 0 Å². The molecule has 1 aliphatic heterocycles. The highest BCUT2D eigenvalue weighted by atomic mass is 16.5. The van der Waals surface area contributed by atoms with Crippen molar-refractivity contribution in [2.75, 3.05) is 13.2 Å². The van der Waals surface area contributed by atoms with Gasteiger partial charge in [0, 0.05) is 18.4 Å². The summed E-state index contributed by atoms with van der Waals surface area (Å²) in [6, 6.07) is 12.8. The van der Waals surface area contributed by atoms with Crippen molar-refractivity contribution < 1.29 is 9.15 Å². The molecule has 1 aromatic heterocycles. The van der Waals surface area contributed by atoms with Crippen molar-refractivity contribution >= 4 is 0 Å². The average Bonchev–Trinajstić information content (AvgIpc) is 3.04. The summed E-state index contributed by atoms with van der Waals surface area (Å²) in [6.45, 7) is 4.01. The van der Waals surface area contributed by atoms with Crippen LogP contribution < -0.4 is 10.1 Å². The van der Waals surface area contributed by atoms with Crippen molar-refractivity contribution in [3.63, 3.8) is 0 Å². The van der Waals surface area contributed by atoms with Gasteiger partial charge in [0.25, 0.3) is 0 Å². The Kier molecular flexibility index (Phi) is 4.61. The first-order chi connectivity index (χ1) is 10.4. The van der Waals surface area contributed by atoms with Gasteiger partial charge in [0.15, 0.2) is 0 Å². The molecule has 0 fully saturated rings. The lowest BCUT2D eigenvalue weighted by Crippen LogP contribution is -2.43. The third-order valence-corrected chi connectivity index (χ3v) is 4.13. The minimum Gasteiger partial charge on any atom is -0.493 e. The Morgan fingerprint density at radius 2 is 2.14 bits per heavy atom. The average molecular weight is 285 g/mol. The molecule has 21 heavy (non-hydrogen) atoms. The highest BCUT2D eigenvalue weighted by Crippen LogP contribution is 2.29. The van der Waals surface area contributed by atoms with E-state index in [9.17, 15) is 0 Å². The molecule has 3 rings (SSSR count). The summed E-state index contributed by atoms with van der Waals surface area (Å²) in [7, 11) is 0. The monoisotopic (exact) mass is 285 g/mol. The van der Waals surface area contributed by atoms with E-state index in [1.54, 1.807) is 6.26 Å². The Bertz CT molecular complexity index is 550. The minimum atomic E-state index is 0.393. The first kappa shape index (κ1) is 14.2. The molecule has 0 spiro atoms. The van der Waals surface area contributed by atoms with Crippen LogP contribution in [0.4, 0.5) is 0 Å². The van der Waals surface area contributed by atoms with Crippen molar-refractivity contribution in [2.24, 2.45) is 5.92 Å². The van der Waals surface area contributed by atoms with Crippen LogP contribution >= 0.6 is 0 Å². The normalized spacial score (nSPS) is 18.8. The van der Waals surface area contributed by atoms with Crippen molar-refractivity contribution in [1.29, 1.82) is 0 Å². The van der Waals surface area contributed by atoms with E-state index in [1.165, 1.54) is 5.56 Å². The molecule has 112 valence electrons. The van der Waals surface area contributed by atoms with Gasteiger partial charge in [-0.1, -0.05) is 25.1 Å². The van der Waals surface area contributed by atoms with E-state index in [-0.39, 0.29) is 0 Å². The predicted molar refractivity (Wildman–Crippen MR) is 83.6 cm³/mol. The van der Waals surface area contributed by atoms with Gasteiger partial charge in [0.1, 0.15) is 11.5 Å². The Morgan fingerprint density at radius 1 is 1.24 bits per heavy atom. The first-order valence-corrected chi connectivity index (χ1v) is 7.83. The van der Waals surface area contributed by atoms with Crippen LogP contribution in [0.15, 0.2) is 47.1 Å². The summed E-state index contributed by atoms with van der Waals surface area (Å²) in [5, 5.41) is 3.67. The molecule has 2 aromatic rings. The van der Waals surface area contributed by atoms with Gasteiger partial charge in [0.2, 0.25) is 0 Å². The van der Waals surface area contributed by atoms with Gasteiger partial charge in [-0.15, -0.1) is 0 Å². The first-order valence-electron chi connectivity index (χ1n) is 7.83. The fourth-order valence-corrected chi connectivity index (χ4v) is 2.99. The fourth-order valence-electron chi connectivity index (χ4n) is 2.99. The van der Waals surface area contributed by atoms with E-state index >= 15 is 0 Å². The number of hydrogen-bond donors (Lipinski definition) is 1. The van der Waals surface area contributed by atoms with E-state index in [0.717, 1.165) is 43.9 Å². The predicted octanol–water partition coefficient (Wildman–Crippen LogP) is 3.44. The maximum atomic E-state index is 5.95. The van der Waals surface area contributed by atoms with Gasteiger partial charge in [-0.3, -0.25) is 0 Å². The van der Waals surface area contributed by atoms with Crippen LogP contribution in [-0.4, -0.2) is 19.2 Å². The molecule has 2 unspecified atom stereocenters. The number of hydrogen-bond acceptors (Lipinski definition) is 3. The molecule has 1 aliphatic rings. The second-order valence-electron chi connectivity index (χ2n) is 5.73. The SMILES string of the molecule is CCCNC(Cc1ccco1)C1COc2ccccc2C1. The smallest absolute Gasteiger partial charge is 0.122 e. The van der Waals surface area contributed by atoms with Crippen LogP contribution in [0.2, 0.25) is 0 Å². The Labute approximate surface area is 126 Å². The van der Waals surface area contributed by atoms with E-state index < -0.39 is 0 Å². The topological polar surface area (TPSA) is 34.4 Å². The molecular weight excluding hydrogens is 262 g/mol. The van der Waals surface area contributed by atoms with Crippen LogP contribution in [0.3, 0.4) is 0 Å². The number of furan rings is 1. The summed E-state index contributed by atoms with van der Waals surface area (Å²) >= 11 is 0. The summed E-state index contributed by atoms with van der Waals surface area (Å²) in [4.78, 5) is 0. The molecule has 0 amide bonds. The minimum absolute atomic E-state index is 0.393. The molecule has 3 heteroatoms. The second kappa shape index (κ2) is 6.81. The molecule has 2 atom stereocenters. The number of para-hydroxylation sites is 1. The quantitative estimate of drug-likeness (QED) is 0.883. The Balaban J connectivity index is 1.71. The summed E-state index contributed by atoms with van der Waals surface area (Å²) in [6.07, 6.45) is 4.87. The summed E-state index contributed by atoms with van der Waals surface area (Å²) < 4.78 is 11.5. The lowest BCUT2D eigenvalue weighted by Gasteiger charge is -2.32. The van der Waals surface area contributed by atoms with Gasteiger partial charge in [-0.05, 0) is 43.1 Å². The summed E-state index contributed by atoms with van der Waals surface area (Å²) in [5.74, 6) is 2.57. The van der Waals surface area contributed by atoms with Crippen LogP contribution in [0.1, 0.15) is 24.7 Å². The van der Waals surface area contributed by atoms with Gasteiger partial charge in [-0.25, -0.2) is 0 Å². The highest BCUT2D eigenvalue weighted by molar-refractivity contribution is 5.35. The third kappa shape index (κ3) is 3.48. The molecule has 0 bridgehead atoms. The van der Waals surface area contributed by atoms with E-state index in [0.29, 0.717) is 12.0 Å². The zero-order valence-electron chi connectivity index (χ0n) is 12.5. The van der Waals surface area contributed by atoms with Crippen molar-refractivity contribution in [3.8, 4) is 5.75 Å². The Morgan fingerprint density at radius 3 is 2.95 bits per heavy atom. The number of rotatable bonds is 6. The van der Waals surface area contributed by atoms with E-state index in [4.69, 9.17) is 9.15 Å². The number of fused-ring (bicyclic) bond motifs is 1. The number of nitrogens with one attached hydrogen (secondary N) is 1. The zero-order valence-corrected chi connectivity index (χ0v) is 12.5. The van der Waals surface area contributed by atoms with Crippen molar-refractivity contribution in [1.82, 2.24) is 5.32 Å². The molecule has 0 saturated heterocycles. The van der Waals surface area contributed by atoms with Crippen molar-refractivity contribution in [2.45, 2.75) is 32.2 Å². The third-order valence-electron chi connectivity index (χ3n) is 4.13. The van der Waals surface area contributed by atoms with Gasteiger partial charge < -0.3 is 14.5 Å². The molecule has 0 aliphatic carbocycles. The number of benzene rings is 1. The molecule has 1 aromatic carbocycles. The zero-order chi connectivity index (χ0) is 14.5. The van der Waals surface area contributed by atoms with Crippen LogP contribution in [-0.2, 0) is 12.8 Å². The van der Waals surface area contributed by atoms with Crippen LogP contribution in [0.25, 0.3) is 0 Å². The molecular formula is C18H23NO2. The van der Waals surface area contributed by atoms with Crippen molar-refractivity contribution in [3.05, 3.63) is 54.0 Å². The molecule has 1 N–H and O–H groups in total. The largest absolute Gasteiger partial charge is 0.493 e. The molecule has 0 radical (unpaired) electrons. The second-order valence-corrected chi connectivity index (χ2v) is 5.73. The summed E-state index contributed by atoms with van der Waals surface area (Å²) in [5.41, 5.74) is 1.32. The maximum Gasteiger partial charge on any atom is 0.122 e.